The molecule has 0 aromatic rings. The number of hydrogen-bond donors (Lipinski definition) is 2. The van der Waals surface area contributed by atoms with Gasteiger partial charge in [0.15, 0.2) is 0 Å². The Labute approximate surface area is 129 Å². The maximum absolute atomic E-state index is 12.1. The fraction of sp³-hybridized carbons (Fsp3) is 0.833. The summed E-state index contributed by atoms with van der Waals surface area (Å²) in [4.78, 5) is 24.3. The number of methoxy groups -OCH3 is 2. The van der Waals surface area contributed by atoms with Crippen LogP contribution in [-0.4, -0.2) is 82.1 Å². The molecule has 0 aliphatic carbocycles. The van der Waals surface area contributed by atoms with Crippen LogP contribution in [0.2, 0.25) is 0 Å². The van der Waals surface area contributed by atoms with Gasteiger partial charge in [0.2, 0.25) is 15.9 Å². The highest BCUT2D eigenvalue weighted by Crippen LogP contribution is 2.20. The van der Waals surface area contributed by atoms with Crippen LogP contribution in [0.3, 0.4) is 0 Å². The fourth-order valence-corrected chi connectivity index (χ4v) is 3.20. The van der Waals surface area contributed by atoms with E-state index in [2.05, 4.69) is 4.72 Å². The van der Waals surface area contributed by atoms with Gasteiger partial charge < -0.3 is 19.5 Å². The number of carboxylic acids is 1. The van der Waals surface area contributed by atoms with Crippen molar-refractivity contribution in [3.8, 4) is 0 Å². The van der Waals surface area contributed by atoms with E-state index in [1.165, 1.54) is 14.2 Å². The Morgan fingerprint density at radius 1 is 1.36 bits per heavy atom. The number of likely N-dealkylation sites (tertiary alicyclic amines) is 1. The van der Waals surface area contributed by atoms with Crippen molar-refractivity contribution in [2.45, 2.75) is 25.0 Å². The molecular formula is C12H22N2O7S. The number of aliphatic carboxylic acids is 1. The summed E-state index contributed by atoms with van der Waals surface area (Å²) in [6, 6.07) is -0.990. The zero-order chi connectivity index (χ0) is 16.8. The minimum atomic E-state index is -3.59. The summed E-state index contributed by atoms with van der Waals surface area (Å²) in [5.41, 5.74) is 0. The standard InChI is InChI=1S/C12H22N2O7S/c1-20-4-3-5-22(18,19)13-7-11(15)14-8-9(21-2)6-10(14)12(16)17/h9-10,13H,3-8H2,1-2H3,(H,16,17). The Morgan fingerprint density at radius 2 is 2.05 bits per heavy atom. The molecule has 128 valence electrons. The number of nitrogens with one attached hydrogen (secondary N) is 1. The van der Waals surface area contributed by atoms with Gasteiger partial charge in [-0.1, -0.05) is 0 Å². The molecule has 0 aromatic carbocycles. The molecule has 22 heavy (non-hydrogen) atoms. The fourth-order valence-electron chi connectivity index (χ4n) is 2.22. The van der Waals surface area contributed by atoms with E-state index in [0.717, 1.165) is 4.90 Å². The Morgan fingerprint density at radius 3 is 2.59 bits per heavy atom. The lowest BCUT2D eigenvalue weighted by Gasteiger charge is -2.21. The van der Waals surface area contributed by atoms with Crippen LogP contribution in [0.1, 0.15) is 12.8 Å². The summed E-state index contributed by atoms with van der Waals surface area (Å²) in [6.45, 7) is -0.0230. The monoisotopic (exact) mass is 338 g/mol. The molecule has 1 saturated heterocycles. The van der Waals surface area contributed by atoms with Crippen LogP contribution in [0, 0.1) is 0 Å². The molecule has 0 aromatic heterocycles. The van der Waals surface area contributed by atoms with Gasteiger partial charge in [0, 0.05) is 33.8 Å². The number of amides is 1. The minimum absolute atomic E-state index is 0.137. The molecule has 2 N–H and O–H groups in total. The smallest absolute Gasteiger partial charge is 0.326 e. The predicted octanol–water partition coefficient (Wildman–Crippen LogP) is -1.36. The predicted molar refractivity (Wildman–Crippen MR) is 76.8 cm³/mol. The quantitative estimate of drug-likeness (QED) is 0.498. The summed E-state index contributed by atoms with van der Waals surface area (Å²) in [5, 5.41) is 9.12. The molecule has 1 amide bonds. The highest BCUT2D eigenvalue weighted by atomic mass is 32.2. The van der Waals surface area contributed by atoms with Crippen LogP contribution in [0.4, 0.5) is 0 Å². The lowest BCUT2D eigenvalue weighted by atomic mass is 10.2. The third-order valence-electron chi connectivity index (χ3n) is 3.41. The second-order valence-electron chi connectivity index (χ2n) is 4.98. The molecule has 1 aliphatic rings. The zero-order valence-corrected chi connectivity index (χ0v) is 13.5. The number of rotatable bonds is 9. The van der Waals surface area contributed by atoms with Crippen molar-refractivity contribution in [3.05, 3.63) is 0 Å². The molecular weight excluding hydrogens is 316 g/mol. The number of nitrogens with zero attached hydrogens (tertiary/aromatic N) is 1. The van der Waals surface area contributed by atoms with Crippen LogP contribution in [0.15, 0.2) is 0 Å². The van der Waals surface area contributed by atoms with Crippen molar-refractivity contribution < 1.29 is 32.6 Å². The highest BCUT2D eigenvalue weighted by Gasteiger charge is 2.39. The van der Waals surface area contributed by atoms with Gasteiger partial charge in [0.1, 0.15) is 6.04 Å². The largest absolute Gasteiger partial charge is 0.480 e. The van der Waals surface area contributed by atoms with Crippen molar-refractivity contribution in [1.82, 2.24) is 9.62 Å². The van der Waals surface area contributed by atoms with Gasteiger partial charge in [-0.2, -0.15) is 0 Å². The summed E-state index contributed by atoms with van der Waals surface area (Å²) >= 11 is 0. The normalized spacial score (nSPS) is 22.0. The van der Waals surface area contributed by atoms with Crippen LogP contribution in [0.25, 0.3) is 0 Å². The number of carbonyl (C=O) groups is 2. The van der Waals surface area contributed by atoms with Crippen molar-refractivity contribution in [2.24, 2.45) is 0 Å². The molecule has 10 heteroatoms. The molecule has 0 radical (unpaired) electrons. The van der Waals surface area contributed by atoms with Crippen LogP contribution in [-0.2, 0) is 29.1 Å². The van der Waals surface area contributed by atoms with Crippen molar-refractivity contribution in [3.63, 3.8) is 0 Å². The lowest BCUT2D eigenvalue weighted by Crippen LogP contribution is -2.46. The lowest BCUT2D eigenvalue weighted by molar-refractivity contribution is -0.147. The molecule has 1 heterocycles. The molecule has 1 aliphatic heterocycles. The van der Waals surface area contributed by atoms with Gasteiger partial charge >= 0.3 is 5.97 Å². The highest BCUT2D eigenvalue weighted by molar-refractivity contribution is 7.89. The molecule has 1 fully saturated rings. The SMILES string of the molecule is COCCCS(=O)(=O)NCC(=O)N1CC(OC)CC1C(=O)O. The summed E-state index contributed by atoms with van der Waals surface area (Å²) < 4.78 is 35.4. The van der Waals surface area contributed by atoms with E-state index < -0.39 is 34.5 Å². The summed E-state index contributed by atoms with van der Waals surface area (Å²) in [5.74, 6) is -1.87. The van der Waals surface area contributed by atoms with E-state index in [4.69, 9.17) is 14.6 Å². The summed E-state index contributed by atoms with van der Waals surface area (Å²) in [7, 11) is -0.683. The molecule has 0 bridgehead atoms. The molecule has 9 nitrogen and oxygen atoms in total. The Kier molecular flexibility index (Phi) is 7.20. The van der Waals surface area contributed by atoms with E-state index in [9.17, 15) is 18.0 Å². The van der Waals surface area contributed by atoms with E-state index in [1.54, 1.807) is 0 Å². The summed E-state index contributed by atoms with van der Waals surface area (Å²) in [6.07, 6.45) is 0.147. The first kappa shape index (κ1) is 18.8. The van der Waals surface area contributed by atoms with Crippen molar-refractivity contribution in [2.75, 3.05) is 39.7 Å². The Hall–Kier alpha value is -1.23. The van der Waals surface area contributed by atoms with Crippen molar-refractivity contribution >= 4 is 21.9 Å². The number of hydrogen-bond acceptors (Lipinski definition) is 6. The zero-order valence-electron chi connectivity index (χ0n) is 12.6. The number of carbonyl (C=O) groups excluding carboxylic acids is 1. The second kappa shape index (κ2) is 8.42. The topological polar surface area (TPSA) is 122 Å². The third-order valence-corrected chi connectivity index (χ3v) is 4.82. The number of ether oxygens (including phenoxy) is 2. The minimum Gasteiger partial charge on any atom is -0.480 e. The van der Waals surface area contributed by atoms with E-state index in [-0.39, 0.29) is 24.8 Å². The number of carboxylic acid groups (broad SMARTS) is 1. The van der Waals surface area contributed by atoms with Crippen molar-refractivity contribution in [1.29, 1.82) is 0 Å². The van der Waals surface area contributed by atoms with E-state index >= 15 is 0 Å². The van der Waals surface area contributed by atoms with Gasteiger partial charge in [-0.3, -0.25) is 4.79 Å². The maximum atomic E-state index is 12.1. The maximum Gasteiger partial charge on any atom is 0.326 e. The van der Waals surface area contributed by atoms with Crippen LogP contribution in [0.5, 0.6) is 0 Å². The van der Waals surface area contributed by atoms with Gasteiger partial charge in [-0.25, -0.2) is 17.9 Å². The van der Waals surface area contributed by atoms with Gasteiger partial charge in [0.05, 0.1) is 18.4 Å². The molecule has 0 spiro atoms. The Balaban J connectivity index is 2.55. The van der Waals surface area contributed by atoms with Crippen LogP contribution >= 0.6 is 0 Å². The Bertz CT molecular complexity index is 494. The molecule has 0 saturated carbocycles. The van der Waals surface area contributed by atoms with E-state index in [0.29, 0.717) is 13.0 Å². The van der Waals surface area contributed by atoms with Gasteiger partial charge in [0.25, 0.3) is 0 Å². The van der Waals surface area contributed by atoms with Gasteiger partial charge in [-0.05, 0) is 6.42 Å². The average molecular weight is 338 g/mol. The molecule has 1 rings (SSSR count). The first-order chi connectivity index (χ1) is 10.3. The van der Waals surface area contributed by atoms with Gasteiger partial charge in [-0.15, -0.1) is 0 Å². The molecule has 2 unspecified atom stereocenters. The van der Waals surface area contributed by atoms with Crippen LogP contribution < -0.4 is 4.72 Å². The second-order valence-corrected chi connectivity index (χ2v) is 6.91. The first-order valence-corrected chi connectivity index (χ1v) is 8.47. The molecule has 2 atom stereocenters. The first-order valence-electron chi connectivity index (χ1n) is 6.82. The van der Waals surface area contributed by atoms with E-state index in [1.807, 2.05) is 0 Å². The average Bonchev–Trinajstić information content (AvgIpc) is 2.89. The third kappa shape index (κ3) is 5.52. The number of sulfonamides is 1.